The van der Waals surface area contributed by atoms with E-state index in [4.69, 9.17) is 12.2 Å². The Morgan fingerprint density at radius 1 is 0.951 bits per heavy atom. The molecule has 0 saturated heterocycles. The highest BCUT2D eigenvalue weighted by molar-refractivity contribution is 7.90. The van der Waals surface area contributed by atoms with Crippen LogP contribution in [0.1, 0.15) is 44.5 Å². The molecule has 0 atom stereocenters. The van der Waals surface area contributed by atoms with Crippen molar-refractivity contribution in [3.8, 4) is 5.69 Å². The molecule has 0 fully saturated rings. The number of nitrogens with one attached hydrogen (secondary N) is 4. The van der Waals surface area contributed by atoms with Crippen LogP contribution < -0.4 is 27.0 Å². The van der Waals surface area contributed by atoms with Crippen LogP contribution in [0.15, 0.2) is 64.3 Å². The zero-order chi connectivity index (χ0) is 30.5. The summed E-state index contributed by atoms with van der Waals surface area (Å²) in [5.74, 6) is -1.72. The molecule has 0 saturated carbocycles. The summed E-state index contributed by atoms with van der Waals surface area (Å²) in [5.41, 5.74) is 2.38. The number of amides is 2. The zero-order valence-corrected chi connectivity index (χ0v) is 23.7. The van der Waals surface area contributed by atoms with E-state index in [1.165, 1.54) is 37.3 Å². The van der Waals surface area contributed by atoms with Gasteiger partial charge in [0.2, 0.25) is 0 Å². The molecule has 0 radical (unpaired) electrons. The van der Waals surface area contributed by atoms with Gasteiger partial charge in [0.05, 0.1) is 16.0 Å². The molecule has 15 heteroatoms. The van der Waals surface area contributed by atoms with Gasteiger partial charge in [0, 0.05) is 30.7 Å². The molecular weight excluding hydrogens is 583 g/mol. The first-order valence-corrected chi connectivity index (χ1v) is 14.3. The first-order valence-electron chi connectivity index (χ1n) is 12.0. The van der Waals surface area contributed by atoms with Crippen molar-refractivity contribution < 1.29 is 31.2 Å². The molecule has 0 aliphatic carbocycles. The average Bonchev–Trinajstić information content (AvgIpc) is 2.90. The number of aromatic nitrogens is 1. The third-order valence-electron chi connectivity index (χ3n) is 5.80. The Balaban J connectivity index is 2.04. The van der Waals surface area contributed by atoms with E-state index < -0.39 is 44.5 Å². The molecule has 1 heterocycles. The van der Waals surface area contributed by atoms with Crippen LogP contribution in [0.4, 0.5) is 13.2 Å². The lowest BCUT2D eigenvalue weighted by molar-refractivity contribution is -0.137. The lowest BCUT2D eigenvalue weighted by atomic mass is 10.1. The largest absolute Gasteiger partial charge is 0.416 e. The third kappa shape index (κ3) is 7.70. The fourth-order valence-corrected chi connectivity index (χ4v) is 4.57. The number of benzene rings is 2. The first-order chi connectivity index (χ1) is 19.1. The van der Waals surface area contributed by atoms with Crippen LogP contribution in [0.2, 0.25) is 0 Å². The monoisotopic (exact) mass is 609 g/mol. The van der Waals surface area contributed by atoms with Gasteiger partial charge >= 0.3 is 6.18 Å². The van der Waals surface area contributed by atoms with E-state index in [1.807, 2.05) is 0 Å². The molecule has 218 valence electrons. The number of hydrogen-bond acceptors (Lipinski definition) is 6. The standard InChI is InChI=1S/C26H26F3N5O5S2/c1-4-30-25(40)33-32-23(36)20-13-21(22(35)31-14-16-8-10-19(11-9-16)41(3,38)39)24(37)34(15(20)2)18-7-5-6-17(12-18)26(27,28)29/h5-13H,4,14H2,1-3H3,(H,31,35)(H,32,36)(H2,30,33,40). The molecule has 2 aromatic carbocycles. The Hall–Kier alpha value is -4.24. The number of alkyl halides is 3. The summed E-state index contributed by atoms with van der Waals surface area (Å²) in [6.07, 6.45) is -3.66. The van der Waals surface area contributed by atoms with Crippen LogP contribution in [0.25, 0.3) is 5.69 Å². The highest BCUT2D eigenvalue weighted by Gasteiger charge is 2.31. The van der Waals surface area contributed by atoms with Crippen LogP contribution >= 0.6 is 12.2 Å². The summed E-state index contributed by atoms with van der Waals surface area (Å²) in [6.45, 7) is 3.47. The maximum atomic E-state index is 13.5. The van der Waals surface area contributed by atoms with Gasteiger partial charge in [-0.25, -0.2) is 8.42 Å². The Morgan fingerprint density at radius 3 is 2.20 bits per heavy atom. The van der Waals surface area contributed by atoms with Gasteiger partial charge < -0.3 is 10.6 Å². The van der Waals surface area contributed by atoms with Gasteiger partial charge in [-0.3, -0.25) is 29.8 Å². The van der Waals surface area contributed by atoms with Gasteiger partial charge in [0.1, 0.15) is 5.56 Å². The van der Waals surface area contributed by atoms with Crippen molar-refractivity contribution >= 4 is 39.0 Å². The number of thiocarbonyl (C=S) groups is 1. The number of carbonyl (C=O) groups is 2. The number of rotatable bonds is 7. The number of hydrogen-bond donors (Lipinski definition) is 4. The van der Waals surface area contributed by atoms with E-state index in [2.05, 4.69) is 21.5 Å². The van der Waals surface area contributed by atoms with Crippen molar-refractivity contribution in [1.29, 1.82) is 0 Å². The minimum Gasteiger partial charge on any atom is -0.362 e. The third-order valence-corrected chi connectivity index (χ3v) is 7.17. The Kier molecular flexibility index (Phi) is 9.55. The second-order valence-electron chi connectivity index (χ2n) is 8.78. The number of nitrogens with zero attached hydrogens (tertiary/aromatic N) is 1. The second-order valence-corrected chi connectivity index (χ2v) is 11.2. The van der Waals surface area contributed by atoms with Crippen molar-refractivity contribution in [1.82, 2.24) is 26.1 Å². The van der Waals surface area contributed by atoms with E-state index >= 15 is 0 Å². The Morgan fingerprint density at radius 2 is 1.61 bits per heavy atom. The fraction of sp³-hybridized carbons (Fsp3) is 0.231. The zero-order valence-electron chi connectivity index (χ0n) is 22.0. The summed E-state index contributed by atoms with van der Waals surface area (Å²) in [6, 6.07) is 10.6. The lowest BCUT2D eigenvalue weighted by Crippen LogP contribution is -2.47. The summed E-state index contributed by atoms with van der Waals surface area (Å²) in [7, 11) is -3.43. The van der Waals surface area contributed by atoms with Crippen molar-refractivity contribution in [3.05, 3.63) is 92.9 Å². The molecule has 0 aliphatic heterocycles. The van der Waals surface area contributed by atoms with Gasteiger partial charge in [-0.15, -0.1) is 0 Å². The molecule has 3 rings (SSSR count). The van der Waals surface area contributed by atoms with Gasteiger partial charge in [-0.1, -0.05) is 18.2 Å². The predicted octanol–water partition coefficient (Wildman–Crippen LogP) is 2.63. The van der Waals surface area contributed by atoms with Crippen molar-refractivity contribution in [3.63, 3.8) is 0 Å². The summed E-state index contributed by atoms with van der Waals surface area (Å²) < 4.78 is 64.4. The van der Waals surface area contributed by atoms with Gasteiger partial charge in [-0.2, -0.15) is 13.2 Å². The normalized spacial score (nSPS) is 11.5. The summed E-state index contributed by atoms with van der Waals surface area (Å²) in [4.78, 5) is 39.7. The minimum atomic E-state index is -4.71. The number of hydrazine groups is 1. The lowest BCUT2D eigenvalue weighted by Gasteiger charge is -2.18. The van der Waals surface area contributed by atoms with Crippen molar-refractivity contribution in [2.24, 2.45) is 0 Å². The molecule has 10 nitrogen and oxygen atoms in total. The summed E-state index contributed by atoms with van der Waals surface area (Å²) in [5, 5.41) is 5.36. The summed E-state index contributed by atoms with van der Waals surface area (Å²) >= 11 is 5.01. The molecule has 0 bridgehead atoms. The van der Waals surface area contributed by atoms with Crippen LogP contribution in [0, 0.1) is 6.92 Å². The Labute approximate surface area is 238 Å². The predicted molar refractivity (Wildman–Crippen MR) is 149 cm³/mol. The smallest absolute Gasteiger partial charge is 0.362 e. The Bertz CT molecular complexity index is 1650. The number of sulfone groups is 1. The highest BCUT2D eigenvalue weighted by Crippen LogP contribution is 2.30. The molecule has 0 aliphatic rings. The number of carbonyl (C=O) groups excluding carboxylic acids is 2. The van der Waals surface area contributed by atoms with Crippen molar-refractivity contribution in [2.45, 2.75) is 31.5 Å². The molecule has 3 aromatic rings. The van der Waals surface area contributed by atoms with E-state index in [0.29, 0.717) is 12.1 Å². The second kappa shape index (κ2) is 12.5. The van der Waals surface area contributed by atoms with Gasteiger partial charge in [-0.05, 0) is 68.0 Å². The van der Waals surface area contributed by atoms with Crippen LogP contribution in [0.5, 0.6) is 0 Å². The molecule has 4 N–H and O–H groups in total. The maximum absolute atomic E-state index is 13.5. The molecule has 1 aromatic heterocycles. The van der Waals surface area contributed by atoms with Crippen LogP contribution in [0.3, 0.4) is 0 Å². The molecular formula is C26H26F3N5O5S2. The SMILES string of the molecule is CCNC(=S)NNC(=O)c1cc(C(=O)NCc2ccc(S(C)(=O)=O)cc2)c(=O)n(-c2cccc(C(F)(F)F)c2)c1C. The fourth-order valence-electron chi connectivity index (χ4n) is 3.75. The van der Waals surface area contributed by atoms with E-state index in [0.717, 1.165) is 35.1 Å². The van der Waals surface area contributed by atoms with Crippen LogP contribution in [-0.2, 0) is 22.6 Å². The van der Waals surface area contributed by atoms with E-state index in [1.54, 1.807) is 6.92 Å². The first kappa shape index (κ1) is 31.3. The number of pyridine rings is 1. The topological polar surface area (TPSA) is 138 Å². The molecule has 2 amide bonds. The average molecular weight is 610 g/mol. The molecule has 41 heavy (non-hydrogen) atoms. The van der Waals surface area contributed by atoms with Gasteiger partial charge in [0.25, 0.3) is 17.4 Å². The minimum absolute atomic E-state index is 0.0316. The van der Waals surface area contributed by atoms with Crippen molar-refractivity contribution in [2.75, 3.05) is 12.8 Å². The maximum Gasteiger partial charge on any atom is 0.416 e. The molecule has 0 unspecified atom stereocenters. The van der Waals surface area contributed by atoms with Crippen LogP contribution in [-0.4, -0.2) is 42.7 Å². The highest BCUT2D eigenvalue weighted by atomic mass is 32.2. The van der Waals surface area contributed by atoms with E-state index in [9.17, 15) is 36.0 Å². The number of halogens is 3. The molecule has 0 spiro atoms. The van der Waals surface area contributed by atoms with Gasteiger partial charge in [0.15, 0.2) is 14.9 Å². The van der Waals surface area contributed by atoms with E-state index in [-0.39, 0.29) is 33.5 Å². The quantitative estimate of drug-likeness (QED) is 0.237.